The minimum Gasteiger partial charge on any atom is -0.309 e. The second kappa shape index (κ2) is 6.48. The predicted molar refractivity (Wildman–Crippen MR) is 80.5 cm³/mol. The van der Waals surface area contributed by atoms with Crippen molar-refractivity contribution >= 4 is 10.8 Å². The third kappa shape index (κ3) is 4.91. The molecule has 2 atom stereocenters. The molecule has 2 unspecified atom stereocenters. The average Bonchev–Trinajstić information content (AvgIpc) is 2.27. The number of nitrogens with one attached hydrogen (secondary N) is 1. The molecule has 102 valence electrons. The summed E-state index contributed by atoms with van der Waals surface area (Å²) in [5, 5.41) is 3.40. The topological polar surface area (TPSA) is 29.1 Å². The summed E-state index contributed by atoms with van der Waals surface area (Å²) < 4.78 is 11.0. The molecule has 0 bridgehead atoms. The molecular weight excluding hydrogens is 242 g/mol. The molecular formula is C15H25NOS. The molecule has 0 saturated carbocycles. The van der Waals surface area contributed by atoms with Crippen molar-refractivity contribution in [2.45, 2.75) is 39.2 Å². The van der Waals surface area contributed by atoms with Gasteiger partial charge < -0.3 is 5.32 Å². The van der Waals surface area contributed by atoms with Crippen LogP contribution in [0.15, 0.2) is 24.3 Å². The summed E-state index contributed by atoms with van der Waals surface area (Å²) in [5.74, 6) is 0.713. The van der Waals surface area contributed by atoms with Gasteiger partial charge in [-0.15, -0.1) is 0 Å². The van der Waals surface area contributed by atoms with Crippen LogP contribution in [0.25, 0.3) is 0 Å². The van der Waals surface area contributed by atoms with Gasteiger partial charge in [-0.1, -0.05) is 45.0 Å². The predicted octanol–water partition coefficient (Wildman–Crippen LogP) is 3.01. The molecule has 0 heterocycles. The fraction of sp³-hybridized carbons (Fsp3) is 0.600. The molecule has 0 aliphatic carbocycles. The Labute approximate surface area is 114 Å². The van der Waals surface area contributed by atoms with Crippen LogP contribution in [0.3, 0.4) is 0 Å². The Hall–Kier alpha value is -0.670. The number of hydrogen-bond donors (Lipinski definition) is 1. The van der Waals surface area contributed by atoms with E-state index in [4.69, 9.17) is 0 Å². The molecule has 0 fully saturated rings. The summed E-state index contributed by atoms with van der Waals surface area (Å²) in [6.07, 6.45) is 1.74. The summed E-state index contributed by atoms with van der Waals surface area (Å²) in [6.45, 7) is 9.61. The molecule has 1 aromatic carbocycles. The lowest BCUT2D eigenvalue weighted by molar-refractivity contribution is 0.582. The Balaban J connectivity index is 2.59. The molecule has 2 nitrogen and oxygen atoms in total. The van der Waals surface area contributed by atoms with Crippen LogP contribution in [0.4, 0.5) is 0 Å². The fourth-order valence-electron chi connectivity index (χ4n) is 1.81. The maximum atomic E-state index is 11.0. The third-order valence-corrected chi connectivity index (χ3v) is 3.90. The van der Waals surface area contributed by atoms with E-state index in [1.807, 2.05) is 0 Å². The Morgan fingerprint density at radius 3 is 2.22 bits per heavy atom. The van der Waals surface area contributed by atoms with Crippen LogP contribution >= 0.6 is 0 Å². The van der Waals surface area contributed by atoms with Crippen LogP contribution in [-0.2, 0) is 16.2 Å². The van der Waals surface area contributed by atoms with Gasteiger partial charge in [0.05, 0.1) is 0 Å². The lowest BCUT2D eigenvalue weighted by Gasteiger charge is -2.20. The molecule has 1 aromatic rings. The van der Waals surface area contributed by atoms with Gasteiger partial charge in [0.25, 0.3) is 0 Å². The Morgan fingerprint density at radius 1 is 1.22 bits per heavy atom. The first-order chi connectivity index (χ1) is 8.30. The van der Waals surface area contributed by atoms with E-state index in [1.165, 1.54) is 11.1 Å². The van der Waals surface area contributed by atoms with Crippen molar-refractivity contribution in [3.8, 4) is 0 Å². The van der Waals surface area contributed by atoms with E-state index in [2.05, 4.69) is 57.3 Å². The van der Waals surface area contributed by atoms with Gasteiger partial charge in [-0.25, -0.2) is 0 Å². The van der Waals surface area contributed by atoms with Crippen molar-refractivity contribution in [2.24, 2.45) is 0 Å². The summed E-state index contributed by atoms with van der Waals surface area (Å²) in [7, 11) is -0.716. The van der Waals surface area contributed by atoms with Gasteiger partial charge in [-0.05, 0) is 23.5 Å². The van der Waals surface area contributed by atoms with Crippen LogP contribution in [-0.4, -0.2) is 22.8 Å². The summed E-state index contributed by atoms with van der Waals surface area (Å²) in [4.78, 5) is 0. The highest BCUT2D eigenvalue weighted by molar-refractivity contribution is 7.84. The van der Waals surface area contributed by atoms with Crippen molar-refractivity contribution in [3.63, 3.8) is 0 Å². The Morgan fingerprint density at radius 2 is 1.78 bits per heavy atom. The molecule has 0 aromatic heterocycles. The third-order valence-electron chi connectivity index (χ3n) is 3.12. The van der Waals surface area contributed by atoms with Crippen LogP contribution in [0.2, 0.25) is 0 Å². The largest absolute Gasteiger partial charge is 0.309 e. The number of hydrogen-bond acceptors (Lipinski definition) is 2. The first-order valence-electron chi connectivity index (χ1n) is 6.44. The van der Waals surface area contributed by atoms with Crippen molar-refractivity contribution in [3.05, 3.63) is 35.4 Å². The van der Waals surface area contributed by atoms with E-state index < -0.39 is 10.8 Å². The Kier molecular flexibility index (Phi) is 5.54. The molecule has 0 spiro atoms. The summed E-state index contributed by atoms with van der Waals surface area (Å²) in [5.41, 5.74) is 2.84. The normalized spacial score (nSPS) is 15.4. The molecule has 0 aliphatic heterocycles. The average molecular weight is 267 g/mol. The van der Waals surface area contributed by atoms with Gasteiger partial charge in [0.1, 0.15) is 0 Å². The van der Waals surface area contributed by atoms with Gasteiger partial charge in [0.2, 0.25) is 0 Å². The smallest absolute Gasteiger partial charge is 0.0357 e. The second-order valence-corrected chi connectivity index (χ2v) is 7.38. The SMILES string of the molecule is CC(NCCS(C)=O)c1ccc(C(C)(C)C)cc1. The summed E-state index contributed by atoms with van der Waals surface area (Å²) in [6, 6.07) is 9.07. The van der Waals surface area contributed by atoms with E-state index in [1.54, 1.807) is 6.26 Å². The highest BCUT2D eigenvalue weighted by Gasteiger charge is 2.13. The van der Waals surface area contributed by atoms with Gasteiger partial charge in [-0.2, -0.15) is 0 Å². The lowest BCUT2D eigenvalue weighted by atomic mass is 9.86. The van der Waals surface area contributed by atoms with Crippen molar-refractivity contribution in [1.82, 2.24) is 5.32 Å². The van der Waals surface area contributed by atoms with E-state index >= 15 is 0 Å². The lowest BCUT2D eigenvalue weighted by Crippen LogP contribution is -2.23. The number of rotatable bonds is 5. The zero-order valence-corrected chi connectivity index (χ0v) is 12.9. The Bertz CT molecular complexity index is 392. The highest BCUT2D eigenvalue weighted by atomic mass is 32.2. The first kappa shape index (κ1) is 15.4. The van der Waals surface area contributed by atoms with Crippen LogP contribution < -0.4 is 5.32 Å². The molecule has 0 aliphatic rings. The standard InChI is InChI=1S/C15H25NOS/c1-12(16-10-11-18(5)17)13-6-8-14(9-7-13)15(2,3)4/h6-9,12,16H,10-11H2,1-5H3. The van der Waals surface area contributed by atoms with Crippen molar-refractivity contribution in [2.75, 3.05) is 18.6 Å². The maximum absolute atomic E-state index is 11.0. The fourth-order valence-corrected chi connectivity index (χ4v) is 2.21. The quantitative estimate of drug-likeness (QED) is 0.888. The zero-order valence-electron chi connectivity index (χ0n) is 12.1. The van der Waals surface area contributed by atoms with Crippen molar-refractivity contribution in [1.29, 1.82) is 0 Å². The van der Waals surface area contributed by atoms with E-state index in [0.29, 0.717) is 11.8 Å². The maximum Gasteiger partial charge on any atom is 0.0357 e. The minimum atomic E-state index is -0.716. The van der Waals surface area contributed by atoms with Crippen molar-refractivity contribution < 1.29 is 4.21 Å². The van der Waals surface area contributed by atoms with Gasteiger partial charge in [-0.3, -0.25) is 4.21 Å². The van der Waals surface area contributed by atoms with Crippen LogP contribution in [0.5, 0.6) is 0 Å². The molecule has 3 heteroatoms. The van der Waals surface area contributed by atoms with E-state index in [-0.39, 0.29) is 5.41 Å². The first-order valence-corrected chi connectivity index (χ1v) is 8.17. The van der Waals surface area contributed by atoms with E-state index in [0.717, 1.165) is 6.54 Å². The zero-order chi connectivity index (χ0) is 13.8. The molecule has 18 heavy (non-hydrogen) atoms. The molecule has 0 radical (unpaired) electrons. The molecule has 1 N–H and O–H groups in total. The van der Waals surface area contributed by atoms with Gasteiger partial charge in [0, 0.05) is 35.4 Å². The van der Waals surface area contributed by atoms with Crippen LogP contribution in [0, 0.1) is 0 Å². The van der Waals surface area contributed by atoms with Crippen LogP contribution in [0.1, 0.15) is 44.9 Å². The summed E-state index contributed by atoms with van der Waals surface area (Å²) >= 11 is 0. The molecule has 0 amide bonds. The second-order valence-electron chi connectivity index (χ2n) is 5.83. The molecule has 0 saturated heterocycles. The number of benzene rings is 1. The van der Waals surface area contributed by atoms with Gasteiger partial charge >= 0.3 is 0 Å². The van der Waals surface area contributed by atoms with E-state index in [9.17, 15) is 4.21 Å². The monoisotopic (exact) mass is 267 g/mol. The van der Waals surface area contributed by atoms with Gasteiger partial charge in [0.15, 0.2) is 0 Å². The minimum absolute atomic E-state index is 0.203. The molecule has 1 rings (SSSR count). The highest BCUT2D eigenvalue weighted by Crippen LogP contribution is 2.23.